The zero-order chi connectivity index (χ0) is 10.7. The standard InChI is InChI=1S/C13H13OP.Li.H/c1-14-13-11(8-5-9-12(13)15)10-6-3-2-4-7-10;;/h2-9H,15H2,1H3;;/q;+1;-1. The zero-order valence-corrected chi connectivity index (χ0v) is 10.8. The van der Waals surface area contributed by atoms with Crippen LogP contribution in [0.25, 0.3) is 11.1 Å². The molecule has 78 valence electrons. The van der Waals surface area contributed by atoms with Gasteiger partial charge in [-0.3, -0.25) is 0 Å². The smallest absolute Gasteiger partial charge is 1.00 e. The average Bonchev–Trinajstić information content (AvgIpc) is 2.30. The molecule has 2 aromatic rings. The Labute approximate surface area is 112 Å². The third-order valence-corrected chi connectivity index (χ3v) is 2.79. The van der Waals surface area contributed by atoms with E-state index in [9.17, 15) is 0 Å². The summed E-state index contributed by atoms with van der Waals surface area (Å²) in [4.78, 5) is 0. The fourth-order valence-electron chi connectivity index (χ4n) is 1.63. The normalized spacial score (nSPS) is 9.38. The van der Waals surface area contributed by atoms with Gasteiger partial charge in [0.05, 0.1) is 7.11 Å². The predicted octanol–water partition coefficient (Wildman–Crippen LogP) is -0.0209. The summed E-state index contributed by atoms with van der Waals surface area (Å²) in [6.45, 7) is 0. The van der Waals surface area contributed by atoms with Crippen LogP contribution in [0.15, 0.2) is 48.5 Å². The van der Waals surface area contributed by atoms with Gasteiger partial charge in [-0.2, -0.15) is 0 Å². The van der Waals surface area contributed by atoms with Crippen LogP contribution < -0.4 is 28.9 Å². The minimum absolute atomic E-state index is 0. The number of rotatable bonds is 2. The third-order valence-electron chi connectivity index (χ3n) is 2.33. The molecule has 2 rings (SSSR count). The minimum Gasteiger partial charge on any atom is -1.00 e. The van der Waals surface area contributed by atoms with Gasteiger partial charge < -0.3 is 6.16 Å². The summed E-state index contributed by atoms with van der Waals surface area (Å²) in [5, 5.41) is 1.08. The molecule has 0 spiro atoms. The summed E-state index contributed by atoms with van der Waals surface area (Å²) in [7, 11) is 4.40. The molecule has 0 aliphatic heterocycles. The summed E-state index contributed by atoms with van der Waals surface area (Å²) in [6, 6.07) is 16.4. The SMILES string of the molecule is COc1c(P)cccc1-c1ccccc1.[H-].[Li+]. The molecule has 16 heavy (non-hydrogen) atoms. The Hall–Kier alpha value is -0.733. The van der Waals surface area contributed by atoms with Gasteiger partial charge in [0.15, 0.2) is 0 Å². The van der Waals surface area contributed by atoms with Crippen LogP contribution >= 0.6 is 9.24 Å². The van der Waals surface area contributed by atoms with Crippen molar-refractivity contribution in [1.29, 1.82) is 0 Å². The molecular weight excluding hydrogens is 210 g/mol. The van der Waals surface area contributed by atoms with Crippen LogP contribution in [0.5, 0.6) is 5.75 Å². The van der Waals surface area contributed by atoms with Crippen molar-refractivity contribution in [2.75, 3.05) is 7.11 Å². The molecule has 0 aromatic heterocycles. The first kappa shape index (κ1) is 13.3. The van der Waals surface area contributed by atoms with Gasteiger partial charge in [-0.15, -0.1) is 9.24 Å². The predicted molar refractivity (Wildman–Crippen MR) is 68.9 cm³/mol. The van der Waals surface area contributed by atoms with Gasteiger partial charge in [0, 0.05) is 10.9 Å². The second-order valence-electron chi connectivity index (χ2n) is 3.29. The quantitative estimate of drug-likeness (QED) is 0.514. The topological polar surface area (TPSA) is 9.23 Å². The van der Waals surface area contributed by atoms with Crippen molar-refractivity contribution >= 4 is 14.5 Å². The van der Waals surface area contributed by atoms with Crippen LogP contribution in [0, 0.1) is 0 Å². The van der Waals surface area contributed by atoms with Crippen LogP contribution in [-0.4, -0.2) is 7.11 Å². The molecule has 0 saturated heterocycles. The molecule has 3 heteroatoms. The molecule has 0 N–H and O–H groups in total. The van der Waals surface area contributed by atoms with Gasteiger partial charge in [0.1, 0.15) is 5.75 Å². The van der Waals surface area contributed by atoms with Crippen molar-refractivity contribution in [3.05, 3.63) is 48.5 Å². The Morgan fingerprint density at radius 2 is 1.69 bits per heavy atom. The second kappa shape index (κ2) is 6.11. The van der Waals surface area contributed by atoms with Crippen LogP contribution in [0.1, 0.15) is 1.43 Å². The van der Waals surface area contributed by atoms with Gasteiger partial charge in [0.25, 0.3) is 0 Å². The molecule has 0 bridgehead atoms. The second-order valence-corrected chi connectivity index (χ2v) is 3.92. The van der Waals surface area contributed by atoms with Gasteiger partial charge >= 0.3 is 18.9 Å². The van der Waals surface area contributed by atoms with Crippen LogP contribution in [0.4, 0.5) is 0 Å². The van der Waals surface area contributed by atoms with E-state index in [0.29, 0.717) is 0 Å². The van der Waals surface area contributed by atoms with Crippen LogP contribution in [0.2, 0.25) is 0 Å². The Morgan fingerprint density at radius 1 is 1.00 bits per heavy atom. The average molecular weight is 224 g/mol. The fourth-order valence-corrected chi connectivity index (χ4v) is 2.01. The molecule has 1 atom stereocenters. The molecule has 0 aliphatic carbocycles. The van der Waals surface area contributed by atoms with E-state index in [2.05, 4.69) is 27.4 Å². The number of benzene rings is 2. The molecule has 0 fully saturated rings. The Morgan fingerprint density at radius 3 is 2.31 bits per heavy atom. The third kappa shape index (κ3) is 2.69. The molecule has 2 aromatic carbocycles. The molecular formula is C13H14LiOP. The summed E-state index contributed by atoms with van der Waals surface area (Å²) in [5.41, 5.74) is 2.31. The van der Waals surface area contributed by atoms with Crippen LogP contribution in [0.3, 0.4) is 0 Å². The summed E-state index contributed by atoms with van der Waals surface area (Å²) >= 11 is 0. The molecule has 0 heterocycles. The van der Waals surface area contributed by atoms with E-state index in [1.807, 2.05) is 30.3 Å². The van der Waals surface area contributed by atoms with Gasteiger partial charge in [0.2, 0.25) is 0 Å². The molecule has 0 amide bonds. The molecule has 0 saturated carbocycles. The maximum absolute atomic E-state index is 5.41. The van der Waals surface area contributed by atoms with Gasteiger partial charge in [-0.1, -0.05) is 48.5 Å². The maximum Gasteiger partial charge on any atom is 1.00 e. The largest absolute Gasteiger partial charge is 1.00 e. The number of para-hydroxylation sites is 1. The van der Waals surface area contributed by atoms with E-state index in [1.165, 1.54) is 5.56 Å². The fraction of sp³-hybridized carbons (Fsp3) is 0.0769. The monoisotopic (exact) mass is 224 g/mol. The number of hydrogen-bond acceptors (Lipinski definition) is 1. The molecule has 0 aliphatic rings. The van der Waals surface area contributed by atoms with E-state index in [4.69, 9.17) is 4.74 Å². The van der Waals surface area contributed by atoms with Crippen LogP contribution in [-0.2, 0) is 0 Å². The number of hydrogen-bond donors (Lipinski definition) is 0. The van der Waals surface area contributed by atoms with Crippen molar-refractivity contribution < 1.29 is 25.0 Å². The van der Waals surface area contributed by atoms with Gasteiger partial charge in [-0.05, 0) is 5.56 Å². The maximum atomic E-state index is 5.41. The minimum atomic E-state index is 0. The number of methoxy groups -OCH3 is 1. The van der Waals surface area contributed by atoms with Crippen molar-refractivity contribution in [2.45, 2.75) is 0 Å². The van der Waals surface area contributed by atoms with Crippen molar-refractivity contribution in [3.63, 3.8) is 0 Å². The van der Waals surface area contributed by atoms with E-state index < -0.39 is 0 Å². The van der Waals surface area contributed by atoms with Gasteiger partial charge in [-0.25, -0.2) is 0 Å². The summed E-state index contributed by atoms with van der Waals surface area (Å²) in [5.74, 6) is 0.925. The van der Waals surface area contributed by atoms with Crippen molar-refractivity contribution in [1.82, 2.24) is 0 Å². The van der Waals surface area contributed by atoms with E-state index in [-0.39, 0.29) is 20.3 Å². The molecule has 1 nitrogen and oxygen atoms in total. The summed E-state index contributed by atoms with van der Waals surface area (Å²) in [6.07, 6.45) is 0. The van der Waals surface area contributed by atoms with E-state index >= 15 is 0 Å². The van der Waals surface area contributed by atoms with Crippen molar-refractivity contribution in [3.8, 4) is 16.9 Å². The summed E-state index contributed by atoms with van der Waals surface area (Å²) < 4.78 is 5.41. The van der Waals surface area contributed by atoms with E-state index in [0.717, 1.165) is 16.6 Å². The first-order valence-corrected chi connectivity index (χ1v) is 5.38. The number of ether oxygens (including phenoxy) is 1. The Bertz CT molecular complexity index is 462. The Balaban J connectivity index is 0.00000128. The first-order chi connectivity index (χ1) is 7.33. The Kier molecular flexibility index (Phi) is 5.09. The zero-order valence-electron chi connectivity index (χ0n) is 10.6. The van der Waals surface area contributed by atoms with E-state index in [1.54, 1.807) is 7.11 Å². The van der Waals surface area contributed by atoms with Crippen molar-refractivity contribution in [2.24, 2.45) is 0 Å². The molecule has 1 unspecified atom stereocenters. The molecule has 0 radical (unpaired) electrons. The first-order valence-electron chi connectivity index (χ1n) is 4.81.